The van der Waals surface area contributed by atoms with E-state index in [1.807, 2.05) is 48.5 Å². The zero-order chi connectivity index (χ0) is 24.1. The van der Waals surface area contributed by atoms with Gasteiger partial charge in [0.05, 0.1) is 0 Å². The molecule has 1 aliphatic rings. The zero-order valence-corrected chi connectivity index (χ0v) is 19.2. The largest absolute Gasteiger partial charge is 0.479 e. The fourth-order valence-corrected chi connectivity index (χ4v) is 4.11. The first kappa shape index (κ1) is 24.1. The molecule has 0 spiro atoms. The molecule has 1 unspecified atom stereocenters. The van der Waals surface area contributed by atoms with Crippen molar-refractivity contribution < 1.29 is 29.0 Å². The number of carbonyl (C=O) groups excluding carboxylic acids is 2. The summed E-state index contributed by atoms with van der Waals surface area (Å²) in [5.41, 5.74) is -1.06. The van der Waals surface area contributed by atoms with Crippen molar-refractivity contribution in [2.45, 2.75) is 52.4 Å². The number of hydrogen-bond acceptors (Lipinski definition) is 5. The lowest BCUT2D eigenvalue weighted by Crippen LogP contribution is -2.72. The van der Waals surface area contributed by atoms with Crippen LogP contribution in [-0.2, 0) is 27.5 Å². The average Bonchev–Trinajstić information content (AvgIpc) is 2.80. The lowest BCUT2D eigenvalue weighted by Gasteiger charge is -2.53. The molecule has 1 heterocycles. The SMILES string of the molecule is CC(C)(C)C1(C(=O)O)CCCN(C(=O)OCc2ccccc2)N1C(=O)OCc1ccccc1. The molecule has 1 fully saturated rings. The van der Waals surface area contributed by atoms with E-state index < -0.39 is 29.1 Å². The fraction of sp³-hybridized carbons (Fsp3) is 0.400. The summed E-state index contributed by atoms with van der Waals surface area (Å²) in [6, 6.07) is 18.2. The molecule has 33 heavy (non-hydrogen) atoms. The third-order valence-corrected chi connectivity index (χ3v) is 5.90. The van der Waals surface area contributed by atoms with E-state index in [0.29, 0.717) is 6.42 Å². The van der Waals surface area contributed by atoms with Crippen LogP contribution in [0.25, 0.3) is 0 Å². The molecule has 0 aromatic heterocycles. The fourth-order valence-electron chi connectivity index (χ4n) is 4.11. The molecule has 2 amide bonds. The van der Waals surface area contributed by atoms with Gasteiger partial charge in [0.15, 0.2) is 5.54 Å². The standard InChI is InChI=1S/C25H30N2O6/c1-24(2,3)25(21(28)29)15-10-16-26(22(30)32-17-19-11-6-4-7-12-19)27(25)23(31)33-18-20-13-8-5-9-14-20/h4-9,11-14H,10,15-18H2,1-3H3,(H,28,29). The predicted octanol–water partition coefficient (Wildman–Crippen LogP) is 4.84. The topological polar surface area (TPSA) is 96.4 Å². The second-order valence-corrected chi connectivity index (χ2v) is 9.03. The summed E-state index contributed by atoms with van der Waals surface area (Å²) in [5, 5.41) is 12.3. The molecular weight excluding hydrogens is 424 g/mol. The molecule has 0 saturated carbocycles. The van der Waals surface area contributed by atoms with Crippen molar-refractivity contribution in [3.63, 3.8) is 0 Å². The number of benzene rings is 2. The van der Waals surface area contributed by atoms with E-state index in [1.165, 1.54) is 0 Å². The summed E-state index contributed by atoms with van der Waals surface area (Å²) < 4.78 is 10.9. The van der Waals surface area contributed by atoms with Gasteiger partial charge in [-0.25, -0.2) is 19.4 Å². The van der Waals surface area contributed by atoms with Gasteiger partial charge in [0, 0.05) is 6.54 Å². The molecule has 0 aliphatic carbocycles. The first-order valence-corrected chi connectivity index (χ1v) is 10.9. The molecule has 2 aromatic rings. The number of ether oxygens (including phenoxy) is 2. The predicted molar refractivity (Wildman–Crippen MR) is 121 cm³/mol. The van der Waals surface area contributed by atoms with Crippen LogP contribution in [0.5, 0.6) is 0 Å². The highest BCUT2D eigenvalue weighted by atomic mass is 16.6. The minimum Gasteiger partial charge on any atom is -0.479 e. The average molecular weight is 455 g/mol. The molecule has 8 heteroatoms. The maximum absolute atomic E-state index is 13.3. The first-order chi connectivity index (χ1) is 15.7. The summed E-state index contributed by atoms with van der Waals surface area (Å²) in [5.74, 6) is -1.20. The van der Waals surface area contributed by atoms with Crippen molar-refractivity contribution in [1.82, 2.24) is 10.0 Å². The monoisotopic (exact) mass is 454 g/mol. The third kappa shape index (κ3) is 5.10. The molecule has 176 valence electrons. The zero-order valence-electron chi connectivity index (χ0n) is 19.2. The highest BCUT2D eigenvalue weighted by Gasteiger charge is 2.60. The number of carbonyl (C=O) groups is 3. The number of nitrogens with zero attached hydrogens (tertiary/aromatic N) is 2. The van der Waals surface area contributed by atoms with Gasteiger partial charge in [0.25, 0.3) is 0 Å². The molecule has 1 atom stereocenters. The van der Waals surface area contributed by atoms with Crippen LogP contribution in [0.4, 0.5) is 9.59 Å². The van der Waals surface area contributed by atoms with Gasteiger partial charge in [0.2, 0.25) is 0 Å². The van der Waals surface area contributed by atoms with Crippen LogP contribution in [0.3, 0.4) is 0 Å². The highest BCUT2D eigenvalue weighted by molar-refractivity contribution is 5.87. The van der Waals surface area contributed by atoms with Gasteiger partial charge >= 0.3 is 18.2 Å². The van der Waals surface area contributed by atoms with Crippen molar-refractivity contribution in [3.05, 3.63) is 71.8 Å². The van der Waals surface area contributed by atoms with Crippen LogP contribution < -0.4 is 0 Å². The third-order valence-electron chi connectivity index (χ3n) is 5.90. The lowest BCUT2D eigenvalue weighted by atomic mass is 9.69. The minimum atomic E-state index is -1.69. The lowest BCUT2D eigenvalue weighted by molar-refractivity contribution is -0.187. The molecule has 3 rings (SSSR count). The molecule has 1 N–H and O–H groups in total. The van der Waals surface area contributed by atoms with Gasteiger partial charge in [-0.2, -0.15) is 5.01 Å². The Labute approximate surface area is 193 Å². The first-order valence-electron chi connectivity index (χ1n) is 10.9. The molecule has 0 radical (unpaired) electrons. The summed E-state index contributed by atoms with van der Waals surface area (Å²) in [6.45, 7) is 5.28. The summed E-state index contributed by atoms with van der Waals surface area (Å²) in [4.78, 5) is 39.0. The van der Waals surface area contributed by atoms with E-state index in [-0.39, 0.29) is 26.2 Å². The normalized spacial score (nSPS) is 18.5. The van der Waals surface area contributed by atoms with E-state index in [9.17, 15) is 19.5 Å². The number of hydrogen-bond donors (Lipinski definition) is 1. The Kier molecular flexibility index (Phi) is 7.26. The molecule has 2 aromatic carbocycles. The maximum atomic E-state index is 13.3. The van der Waals surface area contributed by atoms with Gasteiger partial charge in [-0.15, -0.1) is 0 Å². The van der Waals surface area contributed by atoms with E-state index >= 15 is 0 Å². The number of aliphatic carboxylic acids is 1. The Balaban J connectivity index is 1.89. The van der Waals surface area contributed by atoms with Gasteiger partial charge in [-0.1, -0.05) is 81.4 Å². The van der Waals surface area contributed by atoms with Gasteiger partial charge in [-0.3, -0.25) is 0 Å². The van der Waals surface area contributed by atoms with E-state index in [1.54, 1.807) is 32.9 Å². The number of carboxylic acids is 1. The number of carboxylic acid groups (broad SMARTS) is 1. The molecule has 0 bridgehead atoms. The Bertz CT molecular complexity index is 973. The van der Waals surface area contributed by atoms with Crippen LogP contribution >= 0.6 is 0 Å². The van der Waals surface area contributed by atoms with Crippen LogP contribution in [0, 0.1) is 5.41 Å². The van der Waals surface area contributed by atoms with Gasteiger partial charge in [-0.05, 0) is 29.4 Å². The maximum Gasteiger partial charge on any atom is 0.430 e. The number of rotatable bonds is 5. The molecular formula is C25H30N2O6. The highest BCUT2D eigenvalue weighted by Crippen LogP contribution is 2.44. The summed E-state index contributed by atoms with van der Waals surface area (Å²) in [6.07, 6.45) is -1.14. The van der Waals surface area contributed by atoms with Crippen molar-refractivity contribution in [1.29, 1.82) is 0 Å². The quantitative estimate of drug-likeness (QED) is 0.694. The molecule has 1 aliphatic heterocycles. The Hall–Kier alpha value is -3.55. The molecule has 1 saturated heterocycles. The second-order valence-electron chi connectivity index (χ2n) is 9.03. The summed E-state index contributed by atoms with van der Waals surface area (Å²) in [7, 11) is 0. The van der Waals surface area contributed by atoms with E-state index in [2.05, 4.69) is 0 Å². The Morgan fingerprint density at radius 3 is 1.82 bits per heavy atom. The number of hydrazine groups is 1. The minimum absolute atomic E-state index is 0.00132. The molecule has 8 nitrogen and oxygen atoms in total. The van der Waals surface area contributed by atoms with Crippen LogP contribution in [0.2, 0.25) is 0 Å². The van der Waals surface area contributed by atoms with E-state index in [4.69, 9.17) is 9.47 Å². The van der Waals surface area contributed by atoms with Crippen LogP contribution in [0.1, 0.15) is 44.7 Å². The second kappa shape index (κ2) is 9.94. The van der Waals surface area contributed by atoms with Crippen molar-refractivity contribution >= 4 is 18.2 Å². The Morgan fingerprint density at radius 2 is 1.36 bits per heavy atom. The van der Waals surface area contributed by atoms with Crippen molar-refractivity contribution in [2.75, 3.05) is 6.54 Å². The van der Waals surface area contributed by atoms with Crippen LogP contribution in [0.15, 0.2) is 60.7 Å². The van der Waals surface area contributed by atoms with Gasteiger partial charge < -0.3 is 14.6 Å². The Morgan fingerprint density at radius 1 is 0.879 bits per heavy atom. The van der Waals surface area contributed by atoms with Crippen molar-refractivity contribution in [2.24, 2.45) is 5.41 Å². The smallest absolute Gasteiger partial charge is 0.430 e. The van der Waals surface area contributed by atoms with Crippen LogP contribution in [-0.4, -0.2) is 45.4 Å². The van der Waals surface area contributed by atoms with Crippen molar-refractivity contribution in [3.8, 4) is 0 Å². The summed E-state index contributed by atoms with van der Waals surface area (Å²) >= 11 is 0. The van der Waals surface area contributed by atoms with E-state index in [0.717, 1.165) is 21.1 Å². The van der Waals surface area contributed by atoms with Gasteiger partial charge in [0.1, 0.15) is 13.2 Å². The number of amides is 2.